The molecule has 0 aromatic heterocycles. The summed E-state index contributed by atoms with van der Waals surface area (Å²) in [4.78, 5) is 19.4. The van der Waals surface area contributed by atoms with Crippen LogP contribution in [0, 0.1) is 5.82 Å². The largest absolute Gasteiger partial charge is 0.369 e. The Kier molecular flexibility index (Phi) is 4.64. The van der Waals surface area contributed by atoms with Crippen LogP contribution in [-0.2, 0) is 0 Å². The summed E-state index contributed by atoms with van der Waals surface area (Å²) in [5.74, 6) is -0.194. The van der Waals surface area contributed by atoms with Gasteiger partial charge >= 0.3 is 0 Å². The van der Waals surface area contributed by atoms with Crippen LogP contribution in [0.4, 0.5) is 10.1 Å². The van der Waals surface area contributed by atoms with Crippen LogP contribution < -0.4 is 4.90 Å². The van der Waals surface area contributed by atoms with Crippen molar-refractivity contribution in [3.05, 3.63) is 65.5 Å². The average molecular weight is 353 g/mol. The molecule has 5 heteroatoms. The normalized spacial score (nSPS) is 20.8. The van der Waals surface area contributed by atoms with E-state index in [0.717, 1.165) is 50.3 Å². The molecule has 0 aliphatic carbocycles. The Morgan fingerprint density at radius 2 is 1.58 bits per heavy atom. The van der Waals surface area contributed by atoms with Crippen molar-refractivity contribution in [2.75, 3.05) is 44.7 Å². The molecule has 4 nitrogen and oxygen atoms in total. The third kappa shape index (κ3) is 3.31. The fourth-order valence-corrected chi connectivity index (χ4v) is 3.71. The first-order valence-electron chi connectivity index (χ1n) is 9.22. The summed E-state index contributed by atoms with van der Waals surface area (Å²) in [6.45, 7) is 4.91. The molecular formula is C21H24FN3O. The van der Waals surface area contributed by atoms with Crippen molar-refractivity contribution in [1.29, 1.82) is 0 Å². The number of hydrogen-bond donors (Lipinski definition) is 0. The van der Waals surface area contributed by atoms with Gasteiger partial charge in [-0.05, 0) is 55.4 Å². The number of carbonyl (C=O) groups is 1. The minimum atomic E-state index is -0.245. The number of benzene rings is 2. The highest BCUT2D eigenvalue weighted by Crippen LogP contribution is 2.34. The van der Waals surface area contributed by atoms with Gasteiger partial charge in [0.2, 0.25) is 0 Å². The van der Waals surface area contributed by atoms with Crippen molar-refractivity contribution in [2.24, 2.45) is 0 Å². The number of hydrogen-bond acceptors (Lipinski definition) is 3. The second-order valence-electron chi connectivity index (χ2n) is 7.19. The molecule has 0 saturated carbocycles. The number of piperazine rings is 1. The lowest BCUT2D eigenvalue weighted by molar-refractivity contribution is 0.0460. The Labute approximate surface area is 153 Å². The number of nitrogens with zero attached hydrogens (tertiary/aromatic N) is 3. The van der Waals surface area contributed by atoms with Crippen molar-refractivity contribution < 1.29 is 9.18 Å². The minimum Gasteiger partial charge on any atom is -0.369 e. The van der Waals surface area contributed by atoms with Gasteiger partial charge in [-0.25, -0.2) is 4.39 Å². The van der Waals surface area contributed by atoms with Gasteiger partial charge in [0.15, 0.2) is 0 Å². The Morgan fingerprint density at radius 1 is 0.923 bits per heavy atom. The van der Waals surface area contributed by atoms with E-state index >= 15 is 0 Å². The Balaban J connectivity index is 1.44. The Bertz CT molecular complexity index is 767. The molecule has 2 aliphatic heterocycles. The van der Waals surface area contributed by atoms with Gasteiger partial charge in [0.1, 0.15) is 5.82 Å². The van der Waals surface area contributed by atoms with Gasteiger partial charge in [0.05, 0.1) is 6.04 Å². The first-order chi connectivity index (χ1) is 12.6. The van der Waals surface area contributed by atoms with E-state index in [-0.39, 0.29) is 17.8 Å². The summed E-state index contributed by atoms with van der Waals surface area (Å²) >= 11 is 0. The van der Waals surface area contributed by atoms with Crippen LogP contribution in [0.2, 0.25) is 0 Å². The predicted octanol–water partition coefficient (Wildman–Crippen LogP) is 3.16. The number of likely N-dealkylation sites (N-methyl/N-ethyl adjacent to an activating group) is 1. The molecule has 1 amide bonds. The molecule has 2 aliphatic rings. The molecule has 0 unspecified atom stereocenters. The zero-order chi connectivity index (χ0) is 18.1. The summed E-state index contributed by atoms with van der Waals surface area (Å²) in [5.41, 5.74) is 2.89. The standard InChI is InChI=1S/C21H24FN3O/c1-23-12-14-24(15-13-23)19-8-4-17(5-9-19)21(26)25-11-10-20(25)16-2-6-18(22)7-3-16/h2-9,20H,10-15H2,1H3/t20-/m1/s1. The van der Waals surface area contributed by atoms with Crippen LogP contribution in [0.1, 0.15) is 28.4 Å². The molecular weight excluding hydrogens is 329 g/mol. The summed E-state index contributed by atoms with van der Waals surface area (Å²) in [7, 11) is 2.14. The van der Waals surface area contributed by atoms with E-state index in [9.17, 15) is 9.18 Å². The van der Waals surface area contributed by atoms with Crippen molar-refractivity contribution in [1.82, 2.24) is 9.80 Å². The summed E-state index contributed by atoms with van der Waals surface area (Å²) in [5, 5.41) is 0. The molecule has 2 heterocycles. The number of rotatable bonds is 3. The van der Waals surface area contributed by atoms with Gasteiger partial charge in [-0.2, -0.15) is 0 Å². The van der Waals surface area contributed by atoms with Gasteiger partial charge in [-0.3, -0.25) is 4.79 Å². The Hall–Kier alpha value is -2.40. The molecule has 2 aromatic carbocycles. The number of amides is 1. The molecule has 2 fully saturated rings. The lowest BCUT2D eigenvalue weighted by Gasteiger charge is -2.41. The van der Waals surface area contributed by atoms with E-state index in [2.05, 4.69) is 16.8 Å². The number of likely N-dealkylation sites (tertiary alicyclic amines) is 1. The number of anilines is 1. The third-order valence-electron chi connectivity index (χ3n) is 5.52. The second-order valence-corrected chi connectivity index (χ2v) is 7.19. The van der Waals surface area contributed by atoms with Gasteiger partial charge < -0.3 is 14.7 Å². The minimum absolute atomic E-state index is 0.0514. The van der Waals surface area contributed by atoms with E-state index in [4.69, 9.17) is 0 Å². The molecule has 0 N–H and O–H groups in total. The molecule has 4 rings (SSSR count). The lowest BCUT2D eigenvalue weighted by atomic mass is 9.93. The fourth-order valence-electron chi connectivity index (χ4n) is 3.71. The van der Waals surface area contributed by atoms with Crippen molar-refractivity contribution in [3.8, 4) is 0 Å². The van der Waals surface area contributed by atoms with Crippen molar-refractivity contribution in [2.45, 2.75) is 12.5 Å². The van der Waals surface area contributed by atoms with Gasteiger partial charge in [0, 0.05) is 44.0 Å². The molecule has 1 atom stereocenters. The maximum absolute atomic E-state index is 13.1. The molecule has 136 valence electrons. The van der Waals surface area contributed by atoms with E-state index in [0.29, 0.717) is 0 Å². The topological polar surface area (TPSA) is 26.8 Å². The maximum Gasteiger partial charge on any atom is 0.254 e. The molecule has 0 bridgehead atoms. The highest BCUT2D eigenvalue weighted by atomic mass is 19.1. The lowest BCUT2D eigenvalue weighted by Crippen LogP contribution is -2.45. The molecule has 2 saturated heterocycles. The fraction of sp³-hybridized carbons (Fsp3) is 0.381. The highest BCUT2D eigenvalue weighted by molar-refractivity contribution is 5.95. The monoisotopic (exact) mass is 353 g/mol. The predicted molar refractivity (Wildman–Crippen MR) is 101 cm³/mol. The first kappa shape index (κ1) is 17.0. The smallest absolute Gasteiger partial charge is 0.254 e. The quantitative estimate of drug-likeness (QED) is 0.848. The van der Waals surface area contributed by atoms with Crippen LogP contribution in [0.15, 0.2) is 48.5 Å². The summed E-state index contributed by atoms with van der Waals surface area (Å²) in [6.07, 6.45) is 0.927. The van der Waals surface area contributed by atoms with Crippen molar-refractivity contribution in [3.63, 3.8) is 0 Å². The SMILES string of the molecule is CN1CCN(c2ccc(C(=O)N3CC[C@@H]3c3ccc(F)cc3)cc2)CC1. The zero-order valence-electron chi connectivity index (χ0n) is 15.1. The second kappa shape index (κ2) is 7.08. The first-order valence-corrected chi connectivity index (χ1v) is 9.22. The molecule has 0 radical (unpaired) electrons. The summed E-state index contributed by atoms with van der Waals surface area (Å²) in [6, 6.07) is 14.5. The van der Waals surface area contributed by atoms with Crippen LogP contribution >= 0.6 is 0 Å². The number of carbonyl (C=O) groups excluding carboxylic acids is 1. The van der Waals surface area contributed by atoms with E-state index in [1.165, 1.54) is 17.8 Å². The zero-order valence-corrected chi connectivity index (χ0v) is 15.1. The Morgan fingerprint density at radius 3 is 2.15 bits per heavy atom. The molecule has 26 heavy (non-hydrogen) atoms. The van der Waals surface area contributed by atoms with Crippen LogP contribution in [0.3, 0.4) is 0 Å². The molecule has 0 spiro atoms. The van der Waals surface area contributed by atoms with E-state index in [1.54, 1.807) is 12.1 Å². The van der Waals surface area contributed by atoms with Gasteiger partial charge in [-0.15, -0.1) is 0 Å². The highest BCUT2D eigenvalue weighted by Gasteiger charge is 2.33. The number of halogens is 1. The van der Waals surface area contributed by atoms with E-state index < -0.39 is 0 Å². The van der Waals surface area contributed by atoms with Crippen LogP contribution in [0.5, 0.6) is 0 Å². The van der Waals surface area contributed by atoms with Crippen molar-refractivity contribution >= 4 is 11.6 Å². The molecule has 2 aromatic rings. The maximum atomic E-state index is 13.1. The van der Waals surface area contributed by atoms with E-state index in [1.807, 2.05) is 29.2 Å². The average Bonchev–Trinajstić information content (AvgIpc) is 2.63. The summed E-state index contributed by atoms with van der Waals surface area (Å²) < 4.78 is 13.1. The van der Waals surface area contributed by atoms with Gasteiger partial charge in [-0.1, -0.05) is 12.1 Å². The van der Waals surface area contributed by atoms with Gasteiger partial charge in [0.25, 0.3) is 5.91 Å². The third-order valence-corrected chi connectivity index (χ3v) is 5.52. The van der Waals surface area contributed by atoms with Crippen LogP contribution in [-0.4, -0.2) is 55.5 Å². The van der Waals surface area contributed by atoms with Crippen LogP contribution in [0.25, 0.3) is 0 Å².